The summed E-state index contributed by atoms with van der Waals surface area (Å²) in [5.41, 5.74) is 12.6. The van der Waals surface area contributed by atoms with Crippen LogP contribution in [0.3, 0.4) is 0 Å². The maximum Gasteiger partial charge on any atom is -0.00204 e. The summed E-state index contributed by atoms with van der Waals surface area (Å²) in [5.74, 6) is 0. The average molecular weight is 330 g/mol. The minimum atomic E-state index is 1.12. The zero-order valence-electron chi connectivity index (χ0n) is 14.5. The van der Waals surface area contributed by atoms with E-state index in [1.165, 1.54) is 44.5 Å². The van der Waals surface area contributed by atoms with Crippen molar-refractivity contribution in [1.82, 2.24) is 0 Å². The molecule has 0 N–H and O–H groups in total. The van der Waals surface area contributed by atoms with E-state index < -0.39 is 0 Å². The van der Waals surface area contributed by atoms with Gasteiger partial charge in [0, 0.05) is 0 Å². The SMILES string of the molecule is C=Cc1ccc(C2=Cc3ccccc32)c(C2=Cc3ccccc32)c1C=C. The van der Waals surface area contributed by atoms with Gasteiger partial charge in [0.2, 0.25) is 0 Å². The maximum atomic E-state index is 4.09. The zero-order valence-corrected chi connectivity index (χ0v) is 14.5. The first-order valence-corrected chi connectivity index (χ1v) is 8.86. The van der Waals surface area contributed by atoms with Crippen molar-refractivity contribution in [1.29, 1.82) is 0 Å². The normalized spacial score (nSPS) is 13.4. The molecule has 0 amide bonds. The van der Waals surface area contributed by atoms with Crippen molar-refractivity contribution in [2.24, 2.45) is 0 Å². The van der Waals surface area contributed by atoms with Gasteiger partial charge >= 0.3 is 0 Å². The minimum absolute atomic E-state index is 1.12. The molecular weight excluding hydrogens is 312 g/mol. The molecule has 0 nitrogen and oxygen atoms in total. The lowest BCUT2D eigenvalue weighted by molar-refractivity contribution is 1.41. The average Bonchev–Trinajstić information content (AvgIpc) is 2.64. The van der Waals surface area contributed by atoms with Crippen LogP contribution in [0.4, 0.5) is 0 Å². The molecule has 3 aromatic rings. The molecule has 2 aliphatic rings. The zero-order chi connectivity index (χ0) is 17.7. The third-order valence-electron chi connectivity index (χ3n) is 5.36. The number of fused-ring (bicyclic) bond motifs is 2. The smallest absolute Gasteiger partial charge is 0.00204 e. The Balaban J connectivity index is 1.75. The monoisotopic (exact) mass is 330 g/mol. The molecule has 0 heteroatoms. The molecule has 0 aliphatic heterocycles. The summed E-state index contributed by atoms with van der Waals surface area (Å²) in [6.07, 6.45) is 8.43. The van der Waals surface area contributed by atoms with Crippen LogP contribution in [-0.4, -0.2) is 0 Å². The van der Waals surface area contributed by atoms with Gasteiger partial charge in [-0.1, -0.05) is 86.0 Å². The van der Waals surface area contributed by atoms with Gasteiger partial charge in [0.1, 0.15) is 0 Å². The van der Waals surface area contributed by atoms with Crippen molar-refractivity contribution in [2.75, 3.05) is 0 Å². The summed E-state index contributed by atoms with van der Waals surface area (Å²) in [6, 6.07) is 21.5. The Morgan fingerprint density at radius 2 is 1.19 bits per heavy atom. The second-order valence-corrected chi connectivity index (χ2v) is 6.69. The van der Waals surface area contributed by atoms with Gasteiger partial charge in [0.25, 0.3) is 0 Å². The molecule has 122 valence electrons. The molecular formula is C26H18. The van der Waals surface area contributed by atoms with E-state index in [0.717, 1.165) is 11.1 Å². The highest BCUT2D eigenvalue weighted by Crippen LogP contribution is 2.47. The van der Waals surface area contributed by atoms with Crippen molar-refractivity contribution in [3.05, 3.63) is 118 Å². The van der Waals surface area contributed by atoms with Gasteiger partial charge in [-0.2, -0.15) is 0 Å². The van der Waals surface area contributed by atoms with E-state index in [1.54, 1.807) is 0 Å². The minimum Gasteiger partial charge on any atom is -0.0984 e. The lowest BCUT2D eigenvalue weighted by Crippen LogP contribution is -2.09. The Morgan fingerprint density at radius 1 is 0.577 bits per heavy atom. The molecule has 0 radical (unpaired) electrons. The molecule has 2 aliphatic carbocycles. The lowest BCUT2D eigenvalue weighted by atomic mass is 9.74. The third-order valence-corrected chi connectivity index (χ3v) is 5.36. The number of hydrogen-bond donors (Lipinski definition) is 0. The van der Waals surface area contributed by atoms with Crippen LogP contribution in [0, 0.1) is 0 Å². The Morgan fingerprint density at radius 3 is 1.81 bits per heavy atom. The lowest BCUT2D eigenvalue weighted by Gasteiger charge is -2.29. The van der Waals surface area contributed by atoms with Crippen LogP contribution in [0.1, 0.15) is 44.5 Å². The van der Waals surface area contributed by atoms with Gasteiger partial charge in [0.15, 0.2) is 0 Å². The third kappa shape index (κ3) is 1.96. The van der Waals surface area contributed by atoms with Crippen LogP contribution >= 0.6 is 0 Å². The highest BCUT2D eigenvalue weighted by molar-refractivity contribution is 6.12. The Bertz CT molecular complexity index is 1150. The fourth-order valence-corrected chi connectivity index (χ4v) is 4.03. The second kappa shape index (κ2) is 5.57. The molecule has 0 aromatic heterocycles. The van der Waals surface area contributed by atoms with Gasteiger partial charge in [-0.05, 0) is 67.8 Å². The largest absolute Gasteiger partial charge is 0.0984 e. The van der Waals surface area contributed by atoms with Crippen molar-refractivity contribution in [3.63, 3.8) is 0 Å². The quantitative estimate of drug-likeness (QED) is 0.341. The number of rotatable bonds is 4. The van der Waals surface area contributed by atoms with E-state index in [9.17, 15) is 0 Å². The summed E-state index contributed by atoms with van der Waals surface area (Å²) in [5, 5.41) is 0. The molecule has 26 heavy (non-hydrogen) atoms. The van der Waals surface area contributed by atoms with Gasteiger partial charge in [-0.3, -0.25) is 0 Å². The van der Waals surface area contributed by atoms with Crippen molar-refractivity contribution < 1.29 is 0 Å². The van der Waals surface area contributed by atoms with E-state index in [4.69, 9.17) is 0 Å². The molecule has 0 fully saturated rings. The standard InChI is InChI=1S/C26H18/c1-3-17-13-14-23(24-15-18-9-5-7-11-21(18)24)26(20(17)4-2)25-16-19-10-6-8-12-22(19)25/h3-16H,1-2H2. The summed E-state index contributed by atoms with van der Waals surface area (Å²) in [6.45, 7) is 8.08. The molecule has 3 aromatic carbocycles. The predicted molar refractivity (Wildman–Crippen MR) is 113 cm³/mol. The maximum absolute atomic E-state index is 4.09. The van der Waals surface area contributed by atoms with Crippen LogP contribution < -0.4 is 0 Å². The molecule has 0 spiro atoms. The van der Waals surface area contributed by atoms with Gasteiger partial charge in [-0.15, -0.1) is 0 Å². The molecule has 0 atom stereocenters. The van der Waals surface area contributed by atoms with Crippen LogP contribution in [0.2, 0.25) is 0 Å². The molecule has 0 unspecified atom stereocenters. The van der Waals surface area contributed by atoms with Crippen molar-refractivity contribution in [3.8, 4) is 0 Å². The Labute approximate surface area is 154 Å². The van der Waals surface area contributed by atoms with Gasteiger partial charge in [0.05, 0.1) is 0 Å². The van der Waals surface area contributed by atoms with E-state index in [-0.39, 0.29) is 0 Å². The molecule has 5 rings (SSSR count). The first-order chi connectivity index (χ1) is 12.8. The summed E-state index contributed by atoms with van der Waals surface area (Å²) in [4.78, 5) is 0. The van der Waals surface area contributed by atoms with Crippen LogP contribution in [-0.2, 0) is 0 Å². The van der Waals surface area contributed by atoms with Crippen LogP contribution in [0.15, 0.2) is 73.8 Å². The highest BCUT2D eigenvalue weighted by atomic mass is 14.3. The first-order valence-electron chi connectivity index (χ1n) is 8.86. The van der Waals surface area contributed by atoms with Gasteiger partial charge < -0.3 is 0 Å². The molecule has 0 bridgehead atoms. The van der Waals surface area contributed by atoms with Gasteiger partial charge in [-0.25, -0.2) is 0 Å². The predicted octanol–water partition coefficient (Wildman–Crippen LogP) is 6.78. The first kappa shape index (κ1) is 14.9. The summed E-state index contributed by atoms with van der Waals surface area (Å²) < 4.78 is 0. The molecule has 0 saturated carbocycles. The van der Waals surface area contributed by atoms with Crippen LogP contribution in [0.5, 0.6) is 0 Å². The molecule has 0 heterocycles. The van der Waals surface area contributed by atoms with E-state index in [2.05, 4.69) is 86.0 Å². The Hall–Kier alpha value is -3.38. The summed E-state index contributed by atoms with van der Waals surface area (Å²) in [7, 11) is 0. The number of hydrogen-bond acceptors (Lipinski definition) is 0. The fourth-order valence-electron chi connectivity index (χ4n) is 4.03. The fraction of sp³-hybridized carbons (Fsp3) is 0. The molecule has 0 saturated heterocycles. The van der Waals surface area contributed by atoms with E-state index in [1.807, 2.05) is 12.2 Å². The van der Waals surface area contributed by atoms with E-state index in [0.29, 0.717) is 0 Å². The summed E-state index contributed by atoms with van der Waals surface area (Å²) >= 11 is 0. The highest BCUT2D eigenvalue weighted by Gasteiger charge is 2.26. The van der Waals surface area contributed by atoms with Crippen molar-refractivity contribution >= 4 is 35.5 Å². The second-order valence-electron chi connectivity index (χ2n) is 6.69. The topological polar surface area (TPSA) is 0 Å². The van der Waals surface area contributed by atoms with Crippen molar-refractivity contribution in [2.45, 2.75) is 0 Å². The Kier molecular flexibility index (Phi) is 3.20. The van der Waals surface area contributed by atoms with Crippen LogP contribution in [0.25, 0.3) is 35.5 Å². The number of benzene rings is 3. The van der Waals surface area contributed by atoms with E-state index >= 15 is 0 Å².